The van der Waals surface area contributed by atoms with Crippen LogP contribution in [-0.4, -0.2) is 26.4 Å². The third-order valence-electron chi connectivity index (χ3n) is 4.41. The van der Waals surface area contributed by atoms with E-state index in [1.165, 1.54) is 17.3 Å². The lowest BCUT2D eigenvalue weighted by Crippen LogP contribution is -2.15. The number of nitrogens with zero attached hydrogens (tertiary/aromatic N) is 3. The zero-order valence-corrected chi connectivity index (χ0v) is 16.5. The summed E-state index contributed by atoms with van der Waals surface area (Å²) in [6.45, 7) is 2.08. The van der Waals surface area contributed by atoms with Crippen molar-refractivity contribution in [3.8, 4) is 0 Å². The van der Waals surface area contributed by atoms with E-state index in [2.05, 4.69) is 34.6 Å². The molecule has 0 saturated heterocycles. The zero-order chi connectivity index (χ0) is 19.1. The summed E-state index contributed by atoms with van der Waals surface area (Å²) in [5.74, 6) is 1.20. The van der Waals surface area contributed by atoms with Gasteiger partial charge in [-0.1, -0.05) is 67.2 Å². The number of carbonyl (C=O) groups excluding carboxylic acids is 1. The normalized spacial score (nSPS) is 10.7. The third kappa shape index (κ3) is 5.20. The second kappa shape index (κ2) is 9.37. The summed E-state index contributed by atoms with van der Waals surface area (Å²) in [6.07, 6.45) is 2.63. The van der Waals surface area contributed by atoms with E-state index in [1.807, 2.05) is 54.1 Å². The number of para-hydroxylation sites is 1. The highest BCUT2D eigenvalue weighted by Crippen LogP contribution is 2.19. The fourth-order valence-corrected chi connectivity index (χ4v) is 3.59. The lowest BCUT2D eigenvalue weighted by molar-refractivity contribution is -0.113. The molecular formula is C21H24N4OS. The molecule has 1 aromatic heterocycles. The predicted molar refractivity (Wildman–Crippen MR) is 110 cm³/mol. The van der Waals surface area contributed by atoms with Crippen molar-refractivity contribution in [1.29, 1.82) is 0 Å². The Balaban J connectivity index is 1.54. The molecule has 3 rings (SSSR count). The summed E-state index contributed by atoms with van der Waals surface area (Å²) in [7, 11) is 1.95. The van der Waals surface area contributed by atoms with Crippen LogP contribution in [-0.2, 0) is 31.1 Å². The summed E-state index contributed by atoms with van der Waals surface area (Å²) in [4.78, 5) is 12.3. The molecule has 0 saturated carbocycles. The highest BCUT2D eigenvalue weighted by Gasteiger charge is 2.12. The highest BCUT2D eigenvalue weighted by atomic mass is 32.2. The van der Waals surface area contributed by atoms with Gasteiger partial charge in [-0.15, -0.1) is 10.2 Å². The van der Waals surface area contributed by atoms with Crippen molar-refractivity contribution in [2.24, 2.45) is 7.05 Å². The van der Waals surface area contributed by atoms with E-state index >= 15 is 0 Å². The molecule has 1 N–H and O–H groups in total. The Bertz CT molecular complexity index is 892. The van der Waals surface area contributed by atoms with Gasteiger partial charge in [-0.05, 0) is 30.0 Å². The fourth-order valence-electron chi connectivity index (χ4n) is 2.86. The van der Waals surface area contributed by atoms with Crippen LogP contribution in [0.25, 0.3) is 0 Å². The van der Waals surface area contributed by atoms with Gasteiger partial charge in [0.05, 0.1) is 5.75 Å². The second-order valence-electron chi connectivity index (χ2n) is 6.29. The standard InChI is InChI=1S/C21H24N4OS/c1-3-17-11-7-8-12-18(17)22-20(26)15-27-21-24-23-19(25(21)2)14-13-16-9-5-4-6-10-16/h4-12H,3,13-15H2,1-2H3,(H,22,26). The molecular weight excluding hydrogens is 356 g/mol. The SMILES string of the molecule is CCc1ccccc1NC(=O)CSc1nnc(CCc2ccccc2)n1C. The first-order chi connectivity index (χ1) is 13.2. The molecule has 0 unspecified atom stereocenters. The largest absolute Gasteiger partial charge is 0.325 e. The molecule has 0 aliphatic rings. The third-order valence-corrected chi connectivity index (χ3v) is 5.43. The van der Waals surface area contributed by atoms with Crippen LogP contribution in [0.2, 0.25) is 0 Å². The summed E-state index contributed by atoms with van der Waals surface area (Å²) in [5, 5.41) is 12.3. The van der Waals surface area contributed by atoms with Crippen molar-refractivity contribution in [1.82, 2.24) is 14.8 Å². The number of nitrogens with one attached hydrogen (secondary N) is 1. The zero-order valence-electron chi connectivity index (χ0n) is 15.7. The molecule has 1 heterocycles. The number of amides is 1. The maximum absolute atomic E-state index is 12.3. The first-order valence-electron chi connectivity index (χ1n) is 9.10. The van der Waals surface area contributed by atoms with Gasteiger partial charge >= 0.3 is 0 Å². The van der Waals surface area contributed by atoms with Gasteiger partial charge < -0.3 is 9.88 Å². The van der Waals surface area contributed by atoms with E-state index in [1.54, 1.807) is 0 Å². The van der Waals surface area contributed by atoms with Crippen molar-refractivity contribution >= 4 is 23.4 Å². The minimum Gasteiger partial charge on any atom is -0.325 e. The lowest BCUT2D eigenvalue weighted by atomic mass is 10.1. The Labute approximate surface area is 164 Å². The van der Waals surface area contributed by atoms with Gasteiger partial charge in [0.15, 0.2) is 5.16 Å². The summed E-state index contributed by atoms with van der Waals surface area (Å²) >= 11 is 1.41. The van der Waals surface area contributed by atoms with E-state index in [0.717, 1.165) is 41.5 Å². The Hall–Kier alpha value is -2.60. The predicted octanol–water partition coefficient (Wildman–Crippen LogP) is 3.89. The van der Waals surface area contributed by atoms with Gasteiger partial charge in [0, 0.05) is 19.2 Å². The van der Waals surface area contributed by atoms with E-state index in [4.69, 9.17) is 0 Å². The Morgan fingerprint density at radius 3 is 2.56 bits per heavy atom. The Morgan fingerprint density at radius 1 is 1.04 bits per heavy atom. The second-order valence-corrected chi connectivity index (χ2v) is 7.23. The monoisotopic (exact) mass is 380 g/mol. The van der Waals surface area contributed by atoms with Crippen molar-refractivity contribution in [2.45, 2.75) is 31.3 Å². The van der Waals surface area contributed by atoms with Gasteiger partial charge in [-0.2, -0.15) is 0 Å². The number of thioether (sulfide) groups is 1. The number of benzene rings is 2. The van der Waals surface area contributed by atoms with E-state index in [0.29, 0.717) is 5.75 Å². The molecule has 0 atom stereocenters. The maximum atomic E-state index is 12.3. The van der Waals surface area contributed by atoms with E-state index in [-0.39, 0.29) is 5.91 Å². The average Bonchev–Trinajstić information content (AvgIpc) is 3.05. The van der Waals surface area contributed by atoms with Crippen molar-refractivity contribution < 1.29 is 4.79 Å². The van der Waals surface area contributed by atoms with Gasteiger partial charge in [0.2, 0.25) is 5.91 Å². The molecule has 0 bridgehead atoms. The Kier molecular flexibility index (Phi) is 6.65. The van der Waals surface area contributed by atoms with Crippen LogP contribution in [0.15, 0.2) is 59.8 Å². The van der Waals surface area contributed by atoms with Crippen LogP contribution in [0, 0.1) is 0 Å². The van der Waals surface area contributed by atoms with Crippen LogP contribution < -0.4 is 5.32 Å². The summed E-state index contributed by atoms with van der Waals surface area (Å²) in [6, 6.07) is 18.2. The van der Waals surface area contributed by atoms with Crippen LogP contribution >= 0.6 is 11.8 Å². The smallest absolute Gasteiger partial charge is 0.234 e. The van der Waals surface area contributed by atoms with Gasteiger partial charge in [-0.25, -0.2) is 0 Å². The van der Waals surface area contributed by atoms with Crippen molar-refractivity contribution in [2.75, 3.05) is 11.1 Å². The molecule has 0 radical (unpaired) electrons. The van der Waals surface area contributed by atoms with Crippen LogP contribution in [0.5, 0.6) is 0 Å². The molecule has 2 aromatic carbocycles. The molecule has 140 valence electrons. The fraction of sp³-hybridized carbons (Fsp3) is 0.286. The first-order valence-corrected chi connectivity index (χ1v) is 10.1. The number of hydrogen-bond acceptors (Lipinski definition) is 4. The molecule has 5 nitrogen and oxygen atoms in total. The number of aryl methyl sites for hydroxylation is 3. The quantitative estimate of drug-likeness (QED) is 0.602. The van der Waals surface area contributed by atoms with Gasteiger partial charge in [0.1, 0.15) is 5.82 Å². The van der Waals surface area contributed by atoms with Gasteiger partial charge in [-0.3, -0.25) is 4.79 Å². The first kappa shape index (κ1) is 19.2. The molecule has 0 fully saturated rings. The molecule has 6 heteroatoms. The number of hydrogen-bond donors (Lipinski definition) is 1. The lowest BCUT2D eigenvalue weighted by Gasteiger charge is -2.09. The van der Waals surface area contributed by atoms with Crippen molar-refractivity contribution in [3.05, 3.63) is 71.5 Å². The number of anilines is 1. The number of carbonyl (C=O) groups is 1. The van der Waals surface area contributed by atoms with Crippen LogP contribution in [0.1, 0.15) is 23.9 Å². The molecule has 3 aromatic rings. The van der Waals surface area contributed by atoms with Crippen molar-refractivity contribution in [3.63, 3.8) is 0 Å². The maximum Gasteiger partial charge on any atom is 0.234 e. The summed E-state index contributed by atoms with van der Waals surface area (Å²) in [5.41, 5.74) is 3.30. The minimum absolute atomic E-state index is 0.0327. The van der Waals surface area contributed by atoms with E-state index < -0.39 is 0 Å². The topological polar surface area (TPSA) is 59.8 Å². The molecule has 1 amide bonds. The molecule has 0 aliphatic heterocycles. The van der Waals surface area contributed by atoms with Crippen LogP contribution in [0.3, 0.4) is 0 Å². The van der Waals surface area contributed by atoms with Crippen LogP contribution in [0.4, 0.5) is 5.69 Å². The average molecular weight is 381 g/mol. The number of rotatable bonds is 8. The highest BCUT2D eigenvalue weighted by molar-refractivity contribution is 7.99. The summed E-state index contributed by atoms with van der Waals surface area (Å²) < 4.78 is 1.97. The number of aromatic nitrogens is 3. The molecule has 0 spiro atoms. The Morgan fingerprint density at radius 2 is 1.78 bits per heavy atom. The van der Waals surface area contributed by atoms with Gasteiger partial charge in [0.25, 0.3) is 0 Å². The molecule has 27 heavy (non-hydrogen) atoms. The minimum atomic E-state index is -0.0327. The van der Waals surface area contributed by atoms with E-state index in [9.17, 15) is 4.79 Å². The molecule has 0 aliphatic carbocycles.